The summed E-state index contributed by atoms with van der Waals surface area (Å²) in [7, 11) is 0. The summed E-state index contributed by atoms with van der Waals surface area (Å²) in [5.74, 6) is 0. The Hall–Kier alpha value is -2.10. The van der Waals surface area contributed by atoms with Crippen molar-refractivity contribution in [3.63, 3.8) is 0 Å². The van der Waals surface area contributed by atoms with E-state index in [1.807, 2.05) is 30.6 Å². The number of ether oxygens (including phenoxy) is 1. The Balaban J connectivity index is 2.17. The zero-order valence-electron chi connectivity index (χ0n) is 8.63. The standard InChI is InChI=1S/C12H11N3O/c13-12-15-11(7-16-12)10-6-14-5-8-3-1-2-4-9(8)10/h1-6,11H,7H2,(H2,13,15). The van der Waals surface area contributed by atoms with Gasteiger partial charge in [-0.15, -0.1) is 0 Å². The minimum Gasteiger partial charge on any atom is -0.463 e. The lowest BCUT2D eigenvalue weighted by Gasteiger charge is -2.08. The summed E-state index contributed by atoms with van der Waals surface area (Å²) in [6.07, 6.45) is 3.68. The molecule has 0 fully saturated rings. The van der Waals surface area contributed by atoms with Crippen molar-refractivity contribution < 1.29 is 4.74 Å². The smallest absolute Gasteiger partial charge is 0.282 e. The quantitative estimate of drug-likeness (QED) is 0.783. The van der Waals surface area contributed by atoms with E-state index in [1.54, 1.807) is 0 Å². The van der Waals surface area contributed by atoms with Crippen molar-refractivity contribution in [1.29, 1.82) is 0 Å². The summed E-state index contributed by atoms with van der Waals surface area (Å²) >= 11 is 0. The maximum absolute atomic E-state index is 5.51. The Labute approximate surface area is 92.8 Å². The second-order valence-corrected chi connectivity index (χ2v) is 3.74. The second kappa shape index (κ2) is 3.48. The molecule has 1 unspecified atom stereocenters. The third-order valence-electron chi connectivity index (χ3n) is 2.73. The normalized spacial score (nSPS) is 19.5. The highest BCUT2D eigenvalue weighted by molar-refractivity contribution is 5.85. The van der Waals surface area contributed by atoms with E-state index >= 15 is 0 Å². The minimum absolute atomic E-state index is 0.0291. The Kier molecular flexibility index (Phi) is 1.99. The van der Waals surface area contributed by atoms with Crippen LogP contribution in [0.4, 0.5) is 0 Å². The molecule has 1 aliphatic heterocycles. The van der Waals surface area contributed by atoms with E-state index in [-0.39, 0.29) is 12.1 Å². The fourth-order valence-corrected chi connectivity index (χ4v) is 1.96. The van der Waals surface area contributed by atoms with Gasteiger partial charge in [0.1, 0.15) is 12.6 Å². The topological polar surface area (TPSA) is 60.5 Å². The highest BCUT2D eigenvalue weighted by Gasteiger charge is 2.20. The van der Waals surface area contributed by atoms with E-state index in [2.05, 4.69) is 16.0 Å². The third kappa shape index (κ3) is 1.39. The first-order valence-electron chi connectivity index (χ1n) is 5.13. The molecule has 0 saturated carbocycles. The van der Waals surface area contributed by atoms with Crippen molar-refractivity contribution in [2.75, 3.05) is 6.61 Å². The number of fused-ring (bicyclic) bond motifs is 1. The number of pyridine rings is 1. The number of amidine groups is 1. The van der Waals surface area contributed by atoms with Crippen molar-refractivity contribution in [3.8, 4) is 0 Å². The molecule has 4 nitrogen and oxygen atoms in total. The molecular weight excluding hydrogens is 202 g/mol. The highest BCUT2D eigenvalue weighted by atomic mass is 16.5. The number of nitrogens with zero attached hydrogens (tertiary/aromatic N) is 2. The molecule has 0 saturated heterocycles. The fraction of sp³-hybridized carbons (Fsp3) is 0.167. The van der Waals surface area contributed by atoms with Crippen molar-refractivity contribution in [2.45, 2.75) is 6.04 Å². The summed E-state index contributed by atoms with van der Waals surface area (Å²) in [5.41, 5.74) is 6.58. The van der Waals surface area contributed by atoms with Gasteiger partial charge in [-0.1, -0.05) is 24.3 Å². The predicted octanol–water partition coefficient (Wildman–Crippen LogP) is 1.62. The Bertz CT molecular complexity index is 560. The van der Waals surface area contributed by atoms with Crippen LogP contribution in [0, 0.1) is 0 Å². The van der Waals surface area contributed by atoms with E-state index in [1.165, 1.54) is 0 Å². The SMILES string of the molecule is NC1=NC(c2cncc3ccccc23)CO1. The molecule has 4 heteroatoms. The summed E-state index contributed by atoms with van der Waals surface area (Å²) in [6, 6.07) is 8.34. The molecule has 2 N–H and O–H groups in total. The average Bonchev–Trinajstić information content (AvgIpc) is 2.75. The van der Waals surface area contributed by atoms with Crippen LogP contribution in [0.2, 0.25) is 0 Å². The van der Waals surface area contributed by atoms with Crippen LogP contribution in [0.1, 0.15) is 11.6 Å². The number of nitrogens with two attached hydrogens (primary N) is 1. The molecule has 1 aliphatic rings. The fourth-order valence-electron chi connectivity index (χ4n) is 1.96. The molecular formula is C12H11N3O. The lowest BCUT2D eigenvalue weighted by atomic mass is 10.0. The summed E-state index contributed by atoms with van der Waals surface area (Å²) in [5, 5.41) is 2.27. The van der Waals surface area contributed by atoms with Gasteiger partial charge in [-0.2, -0.15) is 0 Å². The molecule has 1 aromatic carbocycles. The van der Waals surface area contributed by atoms with Crippen LogP contribution in [0.25, 0.3) is 10.8 Å². The first kappa shape index (κ1) is 9.15. The molecule has 16 heavy (non-hydrogen) atoms. The molecule has 0 spiro atoms. The number of aromatic nitrogens is 1. The van der Waals surface area contributed by atoms with Gasteiger partial charge in [-0.25, -0.2) is 4.99 Å². The van der Waals surface area contributed by atoms with Gasteiger partial charge < -0.3 is 10.5 Å². The van der Waals surface area contributed by atoms with Crippen molar-refractivity contribution in [2.24, 2.45) is 10.7 Å². The lowest BCUT2D eigenvalue weighted by molar-refractivity contribution is 0.315. The van der Waals surface area contributed by atoms with Gasteiger partial charge in [0.15, 0.2) is 0 Å². The molecule has 80 valence electrons. The molecule has 0 amide bonds. The van der Waals surface area contributed by atoms with E-state index in [9.17, 15) is 0 Å². The number of hydrogen-bond donors (Lipinski definition) is 1. The minimum atomic E-state index is -0.0291. The first-order chi connectivity index (χ1) is 7.84. The largest absolute Gasteiger partial charge is 0.463 e. The number of rotatable bonds is 1. The van der Waals surface area contributed by atoms with Crippen LogP contribution in [0.5, 0.6) is 0 Å². The predicted molar refractivity (Wildman–Crippen MR) is 62.1 cm³/mol. The molecule has 1 atom stereocenters. The lowest BCUT2D eigenvalue weighted by Crippen LogP contribution is -2.10. The number of aliphatic imine (C=N–C) groups is 1. The van der Waals surface area contributed by atoms with Crippen LogP contribution in [-0.2, 0) is 4.74 Å². The van der Waals surface area contributed by atoms with E-state index < -0.39 is 0 Å². The van der Waals surface area contributed by atoms with Crippen LogP contribution < -0.4 is 5.73 Å². The van der Waals surface area contributed by atoms with Gasteiger partial charge in [-0.3, -0.25) is 4.98 Å². The monoisotopic (exact) mass is 213 g/mol. The van der Waals surface area contributed by atoms with Crippen LogP contribution >= 0.6 is 0 Å². The second-order valence-electron chi connectivity index (χ2n) is 3.74. The van der Waals surface area contributed by atoms with E-state index in [4.69, 9.17) is 10.5 Å². The van der Waals surface area contributed by atoms with Crippen LogP contribution in [0.15, 0.2) is 41.7 Å². The van der Waals surface area contributed by atoms with Gasteiger partial charge in [0.05, 0.1) is 0 Å². The van der Waals surface area contributed by atoms with Gasteiger partial charge in [0.25, 0.3) is 6.02 Å². The Morgan fingerprint density at radius 2 is 2.12 bits per heavy atom. The molecule has 0 radical (unpaired) electrons. The Morgan fingerprint density at radius 3 is 2.94 bits per heavy atom. The number of benzene rings is 1. The molecule has 3 rings (SSSR count). The highest BCUT2D eigenvalue weighted by Crippen LogP contribution is 2.28. The van der Waals surface area contributed by atoms with Crippen molar-refractivity contribution >= 4 is 16.8 Å². The van der Waals surface area contributed by atoms with Crippen LogP contribution in [0.3, 0.4) is 0 Å². The third-order valence-corrected chi connectivity index (χ3v) is 2.73. The van der Waals surface area contributed by atoms with Crippen molar-refractivity contribution in [1.82, 2.24) is 4.98 Å². The summed E-state index contributed by atoms with van der Waals surface area (Å²) < 4.78 is 5.17. The van der Waals surface area contributed by atoms with E-state index in [0.29, 0.717) is 6.61 Å². The Morgan fingerprint density at radius 1 is 1.25 bits per heavy atom. The molecule has 0 aliphatic carbocycles. The number of hydrogen-bond acceptors (Lipinski definition) is 4. The summed E-state index contributed by atoms with van der Waals surface area (Å²) in [4.78, 5) is 8.46. The average molecular weight is 213 g/mol. The van der Waals surface area contributed by atoms with Gasteiger partial charge in [0, 0.05) is 23.3 Å². The maximum Gasteiger partial charge on any atom is 0.282 e. The van der Waals surface area contributed by atoms with Gasteiger partial charge >= 0.3 is 0 Å². The molecule has 2 aromatic rings. The molecule has 0 bridgehead atoms. The summed E-state index contributed by atoms with van der Waals surface area (Å²) in [6.45, 7) is 0.502. The van der Waals surface area contributed by atoms with Crippen LogP contribution in [-0.4, -0.2) is 17.6 Å². The molecule has 1 aromatic heterocycles. The van der Waals surface area contributed by atoms with Gasteiger partial charge in [-0.05, 0) is 5.39 Å². The van der Waals surface area contributed by atoms with E-state index in [0.717, 1.165) is 16.3 Å². The molecule has 2 heterocycles. The first-order valence-corrected chi connectivity index (χ1v) is 5.13. The maximum atomic E-state index is 5.51. The zero-order chi connectivity index (χ0) is 11.0. The van der Waals surface area contributed by atoms with Crippen molar-refractivity contribution in [3.05, 3.63) is 42.2 Å². The van der Waals surface area contributed by atoms with Gasteiger partial charge in [0.2, 0.25) is 0 Å². The zero-order valence-corrected chi connectivity index (χ0v) is 8.63.